The van der Waals surface area contributed by atoms with Gasteiger partial charge in [0.1, 0.15) is 0 Å². The normalized spacial score (nSPS) is 16.9. The Kier molecular flexibility index (Phi) is 2.38. The van der Waals surface area contributed by atoms with Gasteiger partial charge in [-0.15, -0.1) is 11.6 Å². The third-order valence-electron chi connectivity index (χ3n) is 1.60. The molecule has 1 fully saturated rings. The minimum atomic E-state index is -0.344. The van der Waals surface area contributed by atoms with Gasteiger partial charge in [-0.05, 0) is 12.8 Å². The van der Waals surface area contributed by atoms with Crippen LogP contribution in [0.2, 0.25) is 0 Å². The number of primary amides is 1. The zero-order valence-corrected chi connectivity index (χ0v) is 6.47. The van der Waals surface area contributed by atoms with Crippen LogP contribution in [0.15, 0.2) is 0 Å². The molecule has 0 spiro atoms. The van der Waals surface area contributed by atoms with Gasteiger partial charge in [0.05, 0.1) is 0 Å². The molecule has 0 aromatic heterocycles. The van der Waals surface area contributed by atoms with Gasteiger partial charge in [-0.1, -0.05) is 0 Å². The first kappa shape index (κ1) is 7.66. The van der Waals surface area contributed by atoms with Gasteiger partial charge in [-0.25, -0.2) is 4.79 Å². The van der Waals surface area contributed by atoms with Crippen LogP contribution < -0.4 is 5.73 Å². The molecule has 1 aliphatic rings. The van der Waals surface area contributed by atoms with Crippen LogP contribution in [0.3, 0.4) is 0 Å². The lowest BCUT2D eigenvalue weighted by atomic mass is 10.5. The molecular formula is C6H11ClN2O. The summed E-state index contributed by atoms with van der Waals surface area (Å²) < 4.78 is 0. The summed E-state index contributed by atoms with van der Waals surface area (Å²) in [5.41, 5.74) is 5.09. The van der Waals surface area contributed by atoms with Gasteiger partial charge < -0.3 is 10.6 Å². The van der Waals surface area contributed by atoms with Gasteiger partial charge in [0.25, 0.3) is 0 Å². The molecule has 0 radical (unpaired) electrons. The van der Waals surface area contributed by atoms with Gasteiger partial charge >= 0.3 is 6.03 Å². The molecule has 2 amide bonds. The lowest BCUT2D eigenvalue weighted by Crippen LogP contribution is -2.38. The average Bonchev–Trinajstić information content (AvgIpc) is 2.63. The molecule has 0 aromatic rings. The standard InChI is InChI=1S/C6H11ClN2O/c7-3-4-9(6(8)10)5-1-2-5/h5H,1-4H2,(H2,8,10). The van der Waals surface area contributed by atoms with Crippen LogP contribution in [0.5, 0.6) is 0 Å². The molecule has 0 unspecified atom stereocenters. The van der Waals surface area contributed by atoms with E-state index < -0.39 is 0 Å². The first-order valence-electron chi connectivity index (χ1n) is 3.37. The van der Waals surface area contributed by atoms with E-state index in [0.717, 1.165) is 12.8 Å². The van der Waals surface area contributed by atoms with E-state index in [-0.39, 0.29) is 6.03 Å². The van der Waals surface area contributed by atoms with Crippen molar-refractivity contribution in [3.8, 4) is 0 Å². The number of nitrogens with two attached hydrogens (primary N) is 1. The molecule has 0 saturated heterocycles. The predicted molar refractivity (Wildman–Crippen MR) is 40.0 cm³/mol. The van der Waals surface area contributed by atoms with Crippen molar-refractivity contribution in [1.29, 1.82) is 0 Å². The lowest BCUT2D eigenvalue weighted by molar-refractivity contribution is 0.208. The fourth-order valence-electron chi connectivity index (χ4n) is 0.950. The number of hydrogen-bond donors (Lipinski definition) is 1. The fraction of sp³-hybridized carbons (Fsp3) is 0.833. The summed E-state index contributed by atoms with van der Waals surface area (Å²) in [4.78, 5) is 12.3. The second-order valence-corrected chi connectivity index (χ2v) is 2.83. The number of carbonyl (C=O) groups excluding carboxylic acids is 1. The maximum atomic E-state index is 10.7. The Morgan fingerprint density at radius 2 is 2.30 bits per heavy atom. The first-order valence-corrected chi connectivity index (χ1v) is 3.91. The molecule has 1 aliphatic carbocycles. The lowest BCUT2D eigenvalue weighted by Gasteiger charge is -2.17. The summed E-state index contributed by atoms with van der Waals surface area (Å²) in [7, 11) is 0. The molecule has 2 N–H and O–H groups in total. The van der Waals surface area contributed by atoms with Crippen molar-refractivity contribution >= 4 is 17.6 Å². The van der Waals surface area contributed by atoms with Crippen LogP contribution in [0.4, 0.5) is 4.79 Å². The number of halogens is 1. The molecule has 1 saturated carbocycles. The largest absolute Gasteiger partial charge is 0.351 e. The van der Waals surface area contributed by atoms with Crippen LogP contribution in [-0.2, 0) is 0 Å². The fourth-order valence-corrected chi connectivity index (χ4v) is 1.13. The number of nitrogens with zero attached hydrogens (tertiary/aromatic N) is 1. The molecule has 3 nitrogen and oxygen atoms in total. The number of alkyl halides is 1. The van der Waals surface area contributed by atoms with Crippen LogP contribution in [-0.4, -0.2) is 29.4 Å². The van der Waals surface area contributed by atoms with Gasteiger partial charge in [0, 0.05) is 18.5 Å². The highest BCUT2D eigenvalue weighted by Gasteiger charge is 2.30. The van der Waals surface area contributed by atoms with Crippen molar-refractivity contribution in [1.82, 2.24) is 4.90 Å². The SMILES string of the molecule is NC(=O)N(CCCl)C1CC1. The zero-order chi connectivity index (χ0) is 7.56. The summed E-state index contributed by atoms with van der Waals surface area (Å²) in [6.07, 6.45) is 2.17. The monoisotopic (exact) mass is 162 g/mol. The molecule has 1 rings (SSSR count). The summed E-state index contributed by atoms with van der Waals surface area (Å²) in [6, 6.07) is 0.0411. The van der Waals surface area contributed by atoms with Crippen LogP contribution in [0, 0.1) is 0 Å². The predicted octanol–water partition coefficient (Wildman–Crippen LogP) is 0.768. The van der Waals surface area contributed by atoms with Crippen molar-refractivity contribution in [2.45, 2.75) is 18.9 Å². The Hall–Kier alpha value is -0.440. The molecule has 0 heterocycles. The van der Waals surface area contributed by atoms with Crippen molar-refractivity contribution < 1.29 is 4.79 Å². The Morgan fingerprint density at radius 3 is 2.60 bits per heavy atom. The number of amides is 2. The van der Waals surface area contributed by atoms with Crippen molar-refractivity contribution in [2.75, 3.05) is 12.4 Å². The second-order valence-electron chi connectivity index (χ2n) is 2.45. The molecule has 58 valence electrons. The maximum Gasteiger partial charge on any atom is 0.315 e. The van der Waals surface area contributed by atoms with Gasteiger partial charge in [-0.3, -0.25) is 0 Å². The maximum absolute atomic E-state index is 10.7. The zero-order valence-electron chi connectivity index (χ0n) is 5.72. The summed E-state index contributed by atoms with van der Waals surface area (Å²) in [5, 5.41) is 0. The number of carbonyl (C=O) groups is 1. The highest BCUT2D eigenvalue weighted by atomic mass is 35.5. The van der Waals surface area contributed by atoms with Crippen LogP contribution in [0.1, 0.15) is 12.8 Å². The number of rotatable bonds is 3. The minimum Gasteiger partial charge on any atom is -0.351 e. The quantitative estimate of drug-likeness (QED) is 0.613. The third-order valence-corrected chi connectivity index (χ3v) is 1.77. The summed E-state index contributed by atoms with van der Waals surface area (Å²) in [5.74, 6) is 0.472. The van der Waals surface area contributed by atoms with E-state index in [2.05, 4.69) is 0 Å². The molecule has 0 bridgehead atoms. The smallest absolute Gasteiger partial charge is 0.315 e. The van der Waals surface area contributed by atoms with E-state index in [0.29, 0.717) is 18.5 Å². The summed E-state index contributed by atoms with van der Waals surface area (Å²) >= 11 is 5.46. The van der Waals surface area contributed by atoms with Crippen LogP contribution in [0.25, 0.3) is 0 Å². The minimum absolute atomic E-state index is 0.344. The third kappa shape index (κ3) is 1.77. The van der Waals surface area contributed by atoms with Crippen molar-refractivity contribution in [3.63, 3.8) is 0 Å². The van der Waals surface area contributed by atoms with E-state index in [1.54, 1.807) is 4.90 Å². The van der Waals surface area contributed by atoms with E-state index in [9.17, 15) is 4.79 Å². The Bertz CT molecular complexity index is 136. The Balaban J connectivity index is 2.34. The Labute approximate surface area is 65.1 Å². The number of hydrogen-bond acceptors (Lipinski definition) is 1. The van der Waals surface area contributed by atoms with Gasteiger partial charge in [-0.2, -0.15) is 0 Å². The molecule has 0 atom stereocenters. The first-order chi connectivity index (χ1) is 4.75. The summed E-state index contributed by atoms with van der Waals surface area (Å²) in [6.45, 7) is 0.585. The Morgan fingerprint density at radius 1 is 1.70 bits per heavy atom. The number of urea groups is 1. The molecule has 0 aromatic carbocycles. The molecular weight excluding hydrogens is 152 g/mol. The molecule has 10 heavy (non-hydrogen) atoms. The molecule has 4 heteroatoms. The van der Waals surface area contributed by atoms with Gasteiger partial charge in [0.15, 0.2) is 0 Å². The molecule has 0 aliphatic heterocycles. The second kappa shape index (κ2) is 3.10. The van der Waals surface area contributed by atoms with E-state index in [1.165, 1.54) is 0 Å². The average molecular weight is 163 g/mol. The van der Waals surface area contributed by atoms with E-state index in [4.69, 9.17) is 17.3 Å². The van der Waals surface area contributed by atoms with E-state index in [1.807, 2.05) is 0 Å². The van der Waals surface area contributed by atoms with E-state index >= 15 is 0 Å². The topological polar surface area (TPSA) is 46.3 Å². The highest BCUT2D eigenvalue weighted by molar-refractivity contribution is 6.18. The highest BCUT2D eigenvalue weighted by Crippen LogP contribution is 2.26. The van der Waals surface area contributed by atoms with Crippen molar-refractivity contribution in [2.24, 2.45) is 5.73 Å². The van der Waals surface area contributed by atoms with Gasteiger partial charge in [0.2, 0.25) is 0 Å². The van der Waals surface area contributed by atoms with Crippen LogP contribution >= 0.6 is 11.6 Å². The van der Waals surface area contributed by atoms with Crippen molar-refractivity contribution in [3.05, 3.63) is 0 Å².